The van der Waals surface area contributed by atoms with Crippen LogP contribution in [0.5, 0.6) is 5.75 Å². The summed E-state index contributed by atoms with van der Waals surface area (Å²) in [5.41, 5.74) is 1.23. The van der Waals surface area contributed by atoms with Crippen LogP contribution >= 0.6 is 24.8 Å². The summed E-state index contributed by atoms with van der Waals surface area (Å²) in [4.78, 5) is 13.5. The lowest BCUT2D eigenvalue weighted by Crippen LogP contribution is -2.45. The van der Waals surface area contributed by atoms with Gasteiger partial charge in [-0.05, 0) is 24.1 Å². The van der Waals surface area contributed by atoms with Gasteiger partial charge in [0.15, 0.2) is 0 Å². The first-order valence-electron chi connectivity index (χ1n) is 6.94. The zero-order valence-corrected chi connectivity index (χ0v) is 14.1. The molecule has 1 aromatic carbocycles. The average molecular weight is 335 g/mol. The molecule has 0 amide bonds. The number of carbonyl (C=O) groups is 1. The topological polar surface area (TPSA) is 41.6 Å². The number of hydrogen-bond acceptors (Lipinski definition) is 4. The maximum absolute atomic E-state index is 11.0. The third-order valence-corrected chi connectivity index (χ3v) is 3.48. The first-order valence-corrected chi connectivity index (χ1v) is 6.94. The summed E-state index contributed by atoms with van der Waals surface area (Å²) in [5.74, 6) is 0.367. The van der Waals surface area contributed by atoms with Gasteiger partial charge in [0.05, 0.1) is 0 Å². The lowest BCUT2D eigenvalue weighted by molar-refractivity contribution is -0.131. The highest BCUT2D eigenvalue weighted by atomic mass is 35.5. The molecule has 0 unspecified atom stereocenters. The maximum atomic E-state index is 11.0. The monoisotopic (exact) mass is 334 g/mol. The van der Waals surface area contributed by atoms with E-state index in [-0.39, 0.29) is 30.8 Å². The number of ether oxygens (including phenoxy) is 1. The van der Waals surface area contributed by atoms with Crippen LogP contribution in [-0.4, -0.2) is 37.0 Å². The van der Waals surface area contributed by atoms with Crippen molar-refractivity contribution in [3.63, 3.8) is 0 Å². The Bertz CT molecular complexity index is 437. The van der Waals surface area contributed by atoms with Crippen LogP contribution in [0.4, 0.5) is 0 Å². The van der Waals surface area contributed by atoms with Crippen LogP contribution in [-0.2, 0) is 4.79 Å². The van der Waals surface area contributed by atoms with Crippen molar-refractivity contribution in [1.82, 2.24) is 10.2 Å². The molecule has 1 aliphatic heterocycles. The highest BCUT2D eigenvalue weighted by molar-refractivity contribution is 5.85. The van der Waals surface area contributed by atoms with Gasteiger partial charge in [0.25, 0.3) is 0 Å². The van der Waals surface area contributed by atoms with Crippen molar-refractivity contribution in [3.8, 4) is 5.75 Å². The van der Waals surface area contributed by atoms with Crippen LogP contribution in [0.3, 0.4) is 0 Å². The Morgan fingerprint density at radius 3 is 2.57 bits per heavy atom. The second kappa shape index (κ2) is 10.0. The standard InChI is InChI=1S/C15H22N2O2.2ClH/c1-3-15(17-9-7-16-8-10-17)13-5-4-6-14(11-13)19-12(2)18;;/h4-6,11,15-16H,3,7-10H2,1-2H3;2*1H/t15-;;/m0../s1. The van der Waals surface area contributed by atoms with Gasteiger partial charge in [0.1, 0.15) is 5.75 Å². The zero-order valence-electron chi connectivity index (χ0n) is 12.5. The highest BCUT2D eigenvalue weighted by Gasteiger charge is 2.20. The summed E-state index contributed by atoms with van der Waals surface area (Å²) in [7, 11) is 0. The molecule has 0 saturated carbocycles. The summed E-state index contributed by atoms with van der Waals surface area (Å²) in [5, 5.41) is 3.37. The molecule has 1 atom stereocenters. The van der Waals surface area contributed by atoms with Gasteiger partial charge < -0.3 is 10.1 Å². The highest BCUT2D eigenvalue weighted by Crippen LogP contribution is 2.27. The third-order valence-electron chi connectivity index (χ3n) is 3.48. The molecule has 0 bridgehead atoms. The molecular formula is C15H24Cl2N2O2. The van der Waals surface area contributed by atoms with Gasteiger partial charge in [-0.1, -0.05) is 19.1 Å². The minimum Gasteiger partial charge on any atom is -0.427 e. The summed E-state index contributed by atoms with van der Waals surface area (Å²) in [6.45, 7) is 7.85. The van der Waals surface area contributed by atoms with Crippen LogP contribution in [0, 0.1) is 0 Å². The molecule has 1 N–H and O–H groups in total. The van der Waals surface area contributed by atoms with Gasteiger partial charge in [0, 0.05) is 39.1 Å². The molecule has 1 saturated heterocycles. The smallest absolute Gasteiger partial charge is 0.308 e. The largest absolute Gasteiger partial charge is 0.427 e. The molecule has 1 fully saturated rings. The molecule has 1 heterocycles. The summed E-state index contributed by atoms with van der Waals surface area (Å²) >= 11 is 0. The fourth-order valence-electron chi connectivity index (χ4n) is 2.65. The molecule has 1 aliphatic rings. The predicted octanol–water partition coefficient (Wildman–Crippen LogP) is 2.81. The zero-order chi connectivity index (χ0) is 13.7. The number of halogens is 2. The number of piperazine rings is 1. The van der Waals surface area contributed by atoms with E-state index in [2.05, 4.69) is 23.2 Å². The maximum Gasteiger partial charge on any atom is 0.308 e. The lowest BCUT2D eigenvalue weighted by Gasteiger charge is -2.34. The Morgan fingerprint density at radius 2 is 2.00 bits per heavy atom. The number of esters is 1. The molecular weight excluding hydrogens is 311 g/mol. The number of nitrogens with one attached hydrogen (secondary N) is 1. The van der Waals surface area contributed by atoms with Gasteiger partial charge in [0.2, 0.25) is 0 Å². The van der Waals surface area contributed by atoms with E-state index in [1.54, 1.807) is 0 Å². The second-order valence-electron chi connectivity index (χ2n) is 4.88. The quantitative estimate of drug-likeness (QED) is 0.679. The van der Waals surface area contributed by atoms with Crippen LogP contribution in [0.15, 0.2) is 24.3 Å². The van der Waals surface area contributed by atoms with E-state index in [4.69, 9.17) is 4.74 Å². The fraction of sp³-hybridized carbons (Fsp3) is 0.533. The molecule has 0 radical (unpaired) electrons. The van der Waals surface area contributed by atoms with Crippen molar-refractivity contribution in [2.24, 2.45) is 0 Å². The normalized spacial score (nSPS) is 16.3. The Kier molecular flexibility index (Phi) is 9.62. The molecule has 6 heteroatoms. The summed E-state index contributed by atoms with van der Waals surface area (Å²) in [6.07, 6.45) is 1.06. The molecule has 21 heavy (non-hydrogen) atoms. The van der Waals surface area contributed by atoms with Gasteiger partial charge in [-0.15, -0.1) is 24.8 Å². The fourth-order valence-corrected chi connectivity index (χ4v) is 2.65. The number of nitrogens with zero attached hydrogens (tertiary/aromatic N) is 1. The van der Waals surface area contributed by atoms with Crippen LogP contribution in [0.2, 0.25) is 0 Å². The minimum atomic E-state index is -0.271. The van der Waals surface area contributed by atoms with Crippen LogP contribution in [0.25, 0.3) is 0 Å². The van der Waals surface area contributed by atoms with Crippen molar-refractivity contribution in [1.29, 1.82) is 0 Å². The number of hydrogen-bond donors (Lipinski definition) is 1. The first kappa shape index (κ1) is 20.2. The van der Waals surface area contributed by atoms with Gasteiger partial charge in [-0.25, -0.2) is 0 Å². The summed E-state index contributed by atoms with van der Waals surface area (Å²) < 4.78 is 5.17. The van der Waals surface area contributed by atoms with Crippen molar-refractivity contribution in [3.05, 3.63) is 29.8 Å². The van der Waals surface area contributed by atoms with E-state index in [1.807, 2.05) is 18.2 Å². The molecule has 120 valence electrons. The minimum absolute atomic E-state index is 0. The summed E-state index contributed by atoms with van der Waals surface area (Å²) in [6, 6.07) is 8.28. The third kappa shape index (κ3) is 5.83. The van der Waals surface area contributed by atoms with Gasteiger partial charge in [-0.2, -0.15) is 0 Å². The molecule has 4 nitrogen and oxygen atoms in total. The van der Waals surface area contributed by atoms with E-state index < -0.39 is 0 Å². The Hall–Kier alpha value is -0.810. The van der Waals surface area contributed by atoms with Crippen molar-refractivity contribution >= 4 is 30.8 Å². The van der Waals surface area contributed by atoms with Gasteiger partial charge in [-0.3, -0.25) is 9.69 Å². The van der Waals surface area contributed by atoms with Crippen molar-refractivity contribution in [2.75, 3.05) is 26.2 Å². The number of rotatable bonds is 4. The number of benzene rings is 1. The molecule has 1 aromatic rings. The Morgan fingerprint density at radius 1 is 1.33 bits per heavy atom. The van der Waals surface area contributed by atoms with Gasteiger partial charge >= 0.3 is 5.97 Å². The Labute approximate surface area is 139 Å². The second-order valence-corrected chi connectivity index (χ2v) is 4.88. The van der Waals surface area contributed by atoms with E-state index >= 15 is 0 Å². The van der Waals surface area contributed by atoms with Crippen molar-refractivity contribution < 1.29 is 9.53 Å². The first-order chi connectivity index (χ1) is 9.20. The SMILES string of the molecule is CC[C@@H](c1cccc(OC(C)=O)c1)N1CCNCC1.Cl.Cl. The number of carbonyl (C=O) groups excluding carboxylic acids is 1. The molecule has 0 spiro atoms. The van der Waals surface area contributed by atoms with E-state index in [9.17, 15) is 4.79 Å². The Balaban J connectivity index is 0.00000200. The van der Waals surface area contributed by atoms with E-state index in [0.717, 1.165) is 32.6 Å². The van der Waals surface area contributed by atoms with E-state index in [0.29, 0.717) is 11.8 Å². The molecule has 0 aromatic heterocycles. The molecule has 0 aliphatic carbocycles. The average Bonchev–Trinajstić information content (AvgIpc) is 2.40. The van der Waals surface area contributed by atoms with Crippen LogP contribution < -0.4 is 10.1 Å². The molecule has 2 rings (SSSR count). The predicted molar refractivity (Wildman–Crippen MR) is 89.7 cm³/mol. The lowest BCUT2D eigenvalue weighted by atomic mass is 10.0. The van der Waals surface area contributed by atoms with E-state index in [1.165, 1.54) is 12.5 Å². The van der Waals surface area contributed by atoms with Crippen molar-refractivity contribution in [2.45, 2.75) is 26.3 Å². The van der Waals surface area contributed by atoms with Crippen LogP contribution in [0.1, 0.15) is 31.9 Å².